The lowest BCUT2D eigenvalue weighted by atomic mass is 10.1. The number of methoxy groups -OCH3 is 1. The Kier molecular flexibility index (Phi) is 6.70. The van der Waals surface area contributed by atoms with E-state index in [2.05, 4.69) is 10.6 Å². The maximum Gasteiger partial charge on any atom is 0.323 e. The summed E-state index contributed by atoms with van der Waals surface area (Å²) >= 11 is 1.44. The predicted octanol–water partition coefficient (Wildman–Crippen LogP) is 5.31. The maximum atomic E-state index is 12.4. The average molecular weight is 392 g/mol. The van der Waals surface area contributed by atoms with Crippen LogP contribution in [-0.2, 0) is 0 Å². The van der Waals surface area contributed by atoms with E-state index in [4.69, 9.17) is 4.74 Å². The highest BCUT2D eigenvalue weighted by atomic mass is 32.2. The number of ketones is 1. The molecule has 0 unspecified atom stereocenters. The minimum Gasteiger partial charge on any atom is -0.496 e. The van der Waals surface area contributed by atoms with Gasteiger partial charge in [0.15, 0.2) is 5.78 Å². The molecule has 3 rings (SSSR count). The first-order valence-corrected chi connectivity index (χ1v) is 9.66. The molecule has 0 aliphatic heterocycles. The van der Waals surface area contributed by atoms with Crippen molar-refractivity contribution in [1.82, 2.24) is 0 Å². The summed E-state index contributed by atoms with van der Waals surface area (Å²) in [7, 11) is 1.55. The molecule has 0 radical (unpaired) electrons. The number of hydrogen-bond acceptors (Lipinski definition) is 4. The van der Waals surface area contributed by atoms with E-state index in [-0.39, 0.29) is 11.8 Å². The Morgan fingerprint density at radius 2 is 1.43 bits per heavy atom. The van der Waals surface area contributed by atoms with Crippen LogP contribution >= 0.6 is 11.8 Å². The fourth-order valence-corrected chi connectivity index (χ4v) is 3.33. The molecular formula is C22H20N2O3S. The number of anilines is 2. The largest absolute Gasteiger partial charge is 0.496 e. The van der Waals surface area contributed by atoms with Gasteiger partial charge in [0.25, 0.3) is 0 Å². The van der Waals surface area contributed by atoms with Crippen molar-refractivity contribution in [3.05, 3.63) is 84.4 Å². The van der Waals surface area contributed by atoms with Crippen LogP contribution in [0.25, 0.3) is 0 Å². The van der Waals surface area contributed by atoms with Crippen molar-refractivity contribution < 1.29 is 14.3 Å². The quantitative estimate of drug-likeness (QED) is 0.422. The number of para-hydroxylation sites is 2. The number of nitrogens with one attached hydrogen (secondary N) is 2. The maximum absolute atomic E-state index is 12.4. The van der Waals surface area contributed by atoms with Crippen LogP contribution in [0.1, 0.15) is 10.4 Å². The smallest absolute Gasteiger partial charge is 0.323 e. The Hall–Kier alpha value is -3.25. The van der Waals surface area contributed by atoms with Crippen LogP contribution in [0.15, 0.2) is 83.8 Å². The van der Waals surface area contributed by atoms with E-state index in [0.717, 1.165) is 10.6 Å². The van der Waals surface area contributed by atoms with Gasteiger partial charge in [0, 0.05) is 16.3 Å². The van der Waals surface area contributed by atoms with Gasteiger partial charge in [-0.05, 0) is 48.5 Å². The van der Waals surface area contributed by atoms with Crippen molar-refractivity contribution in [1.29, 1.82) is 0 Å². The average Bonchev–Trinajstić information content (AvgIpc) is 2.73. The van der Waals surface area contributed by atoms with Gasteiger partial charge in [-0.15, -0.1) is 11.8 Å². The molecule has 0 atom stereocenters. The second-order valence-electron chi connectivity index (χ2n) is 5.88. The van der Waals surface area contributed by atoms with Gasteiger partial charge >= 0.3 is 6.03 Å². The molecule has 0 bridgehead atoms. The van der Waals surface area contributed by atoms with Crippen LogP contribution in [0.2, 0.25) is 0 Å². The molecule has 2 amide bonds. The Bertz CT molecular complexity index is 944. The monoisotopic (exact) mass is 392 g/mol. The van der Waals surface area contributed by atoms with Gasteiger partial charge in [-0.25, -0.2) is 4.79 Å². The zero-order chi connectivity index (χ0) is 19.8. The SMILES string of the molecule is COc1ccccc1C(=O)CSc1ccc(NC(=O)Nc2ccccc2)cc1. The first-order chi connectivity index (χ1) is 13.7. The molecule has 0 fully saturated rings. The Morgan fingerprint density at radius 3 is 2.11 bits per heavy atom. The third kappa shape index (κ3) is 5.37. The van der Waals surface area contributed by atoms with Crippen LogP contribution in [0.5, 0.6) is 5.75 Å². The lowest BCUT2D eigenvalue weighted by molar-refractivity contribution is 0.101. The number of Topliss-reactive ketones (excluding diaryl/α,β-unsaturated/α-hetero) is 1. The van der Waals surface area contributed by atoms with Gasteiger partial charge in [0.1, 0.15) is 5.75 Å². The molecule has 142 valence electrons. The van der Waals surface area contributed by atoms with Crippen molar-refractivity contribution in [3.63, 3.8) is 0 Å². The fraction of sp³-hybridized carbons (Fsp3) is 0.0909. The van der Waals surface area contributed by atoms with Crippen molar-refractivity contribution in [2.45, 2.75) is 4.90 Å². The highest BCUT2D eigenvalue weighted by Crippen LogP contribution is 2.24. The molecule has 28 heavy (non-hydrogen) atoms. The van der Waals surface area contributed by atoms with Crippen LogP contribution in [-0.4, -0.2) is 24.7 Å². The van der Waals surface area contributed by atoms with Gasteiger partial charge in [0.2, 0.25) is 0 Å². The van der Waals surface area contributed by atoms with E-state index in [9.17, 15) is 9.59 Å². The molecule has 0 aliphatic rings. The Morgan fingerprint density at radius 1 is 0.821 bits per heavy atom. The van der Waals surface area contributed by atoms with Crippen LogP contribution in [0, 0.1) is 0 Å². The molecule has 0 heterocycles. The Balaban J connectivity index is 1.53. The van der Waals surface area contributed by atoms with Gasteiger partial charge in [0.05, 0.1) is 18.4 Å². The molecule has 2 N–H and O–H groups in total. The second kappa shape index (κ2) is 9.62. The third-order valence-corrected chi connectivity index (χ3v) is 4.93. The topological polar surface area (TPSA) is 67.4 Å². The normalized spacial score (nSPS) is 10.2. The molecule has 6 heteroatoms. The van der Waals surface area contributed by atoms with Crippen LogP contribution < -0.4 is 15.4 Å². The van der Waals surface area contributed by atoms with Crippen LogP contribution in [0.4, 0.5) is 16.2 Å². The third-order valence-electron chi connectivity index (χ3n) is 3.92. The lowest BCUT2D eigenvalue weighted by Gasteiger charge is -2.09. The minimum atomic E-state index is -0.307. The summed E-state index contributed by atoms with van der Waals surface area (Å²) in [6.45, 7) is 0. The molecule has 3 aromatic carbocycles. The lowest BCUT2D eigenvalue weighted by Crippen LogP contribution is -2.19. The number of ether oxygens (including phenoxy) is 1. The second-order valence-corrected chi connectivity index (χ2v) is 6.93. The first-order valence-electron chi connectivity index (χ1n) is 8.68. The number of benzene rings is 3. The van der Waals surface area contributed by atoms with E-state index >= 15 is 0 Å². The number of urea groups is 1. The summed E-state index contributed by atoms with van der Waals surface area (Å²) in [4.78, 5) is 25.4. The molecule has 5 nitrogen and oxygen atoms in total. The standard InChI is InChI=1S/C22H20N2O3S/c1-27-21-10-6-5-9-19(21)20(25)15-28-18-13-11-17(12-14-18)24-22(26)23-16-7-3-2-4-8-16/h2-14H,15H2,1H3,(H2,23,24,26). The number of rotatable bonds is 7. The summed E-state index contributed by atoms with van der Waals surface area (Å²) in [6, 6.07) is 23.5. The summed E-state index contributed by atoms with van der Waals surface area (Å²) in [5, 5.41) is 5.54. The van der Waals surface area contributed by atoms with E-state index < -0.39 is 0 Å². The van der Waals surface area contributed by atoms with Crippen molar-refractivity contribution in [3.8, 4) is 5.75 Å². The number of amides is 2. The van der Waals surface area contributed by atoms with E-state index in [1.165, 1.54) is 11.8 Å². The van der Waals surface area contributed by atoms with Gasteiger partial charge < -0.3 is 15.4 Å². The highest BCUT2D eigenvalue weighted by molar-refractivity contribution is 8.00. The molecule has 0 saturated carbocycles. The number of thioether (sulfide) groups is 1. The van der Waals surface area contributed by atoms with Crippen LogP contribution in [0.3, 0.4) is 0 Å². The van der Waals surface area contributed by atoms with Crippen molar-refractivity contribution in [2.75, 3.05) is 23.5 Å². The minimum absolute atomic E-state index is 0.00638. The fourth-order valence-electron chi connectivity index (χ4n) is 2.55. The first kappa shape index (κ1) is 19.5. The Labute approximate surface area is 168 Å². The zero-order valence-corrected chi connectivity index (χ0v) is 16.2. The van der Waals surface area contributed by atoms with E-state index in [1.807, 2.05) is 54.6 Å². The van der Waals surface area contributed by atoms with Gasteiger partial charge in [-0.3, -0.25) is 4.79 Å². The van der Waals surface area contributed by atoms with E-state index in [0.29, 0.717) is 22.8 Å². The van der Waals surface area contributed by atoms with E-state index in [1.54, 1.807) is 31.4 Å². The number of hydrogen-bond donors (Lipinski definition) is 2. The molecular weight excluding hydrogens is 372 g/mol. The van der Waals surface area contributed by atoms with Crippen molar-refractivity contribution >= 4 is 35.0 Å². The highest BCUT2D eigenvalue weighted by Gasteiger charge is 2.12. The van der Waals surface area contributed by atoms with Gasteiger partial charge in [-0.2, -0.15) is 0 Å². The molecule has 0 aliphatic carbocycles. The predicted molar refractivity (Wildman–Crippen MR) is 114 cm³/mol. The summed E-state index contributed by atoms with van der Waals surface area (Å²) < 4.78 is 5.24. The molecule has 0 spiro atoms. The summed E-state index contributed by atoms with van der Waals surface area (Å²) in [5.74, 6) is 0.894. The molecule has 3 aromatic rings. The zero-order valence-electron chi connectivity index (χ0n) is 15.3. The molecule has 0 aromatic heterocycles. The van der Waals surface area contributed by atoms with Gasteiger partial charge in [-0.1, -0.05) is 30.3 Å². The number of carbonyl (C=O) groups is 2. The summed E-state index contributed by atoms with van der Waals surface area (Å²) in [5.41, 5.74) is 1.98. The van der Waals surface area contributed by atoms with Crippen molar-refractivity contribution in [2.24, 2.45) is 0 Å². The summed E-state index contributed by atoms with van der Waals surface area (Å²) in [6.07, 6.45) is 0. The molecule has 0 saturated heterocycles. The number of carbonyl (C=O) groups excluding carboxylic acids is 2.